The van der Waals surface area contributed by atoms with Gasteiger partial charge in [-0.1, -0.05) is 179 Å². The highest BCUT2D eigenvalue weighted by Gasteiger charge is 2.53. The highest BCUT2D eigenvalue weighted by molar-refractivity contribution is 7.47. The molecule has 2 unspecified atom stereocenters. The molecule has 88 heavy (non-hydrogen) atoms. The minimum Gasteiger partial charge on any atom is -0.445 e. The lowest BCUT2D eigenvalue weighted by Gasteiger charge is -2.48. The summed E-state index contributed by atoms with van der Waals surface area (Å²) < 4.78 is 92.3. The third-order valence-corrected chi connectivity index (χ3v) is 23.4. The van der Waals surface area contributed by atoms with E-state index < -0.39 is 109 Å². The van der Waals surface area contributed by atoms with Gasteiger partial charge in [-0.3, -0.25) is 27.7 Å². The molecule has 3 amide bonds. The quantitative estimate of drug-likeness (QED) is 0.0149. The molecular weight excluding hydrogens is 1180 g/mol. The molecule has 5 aromatic rings. The summed E-state index contributed by atoms with van der Waals surface area (Å²) in [5.74, 6) is -2.17. The van der Waals surface area contributed by atoms with Gasteiger partial charge in [0.25, 0.3) is 0 Å². The number of hydrogen-bond acceptors (Lipinski definition) is 15. The molecular formula is C65H89N3O17P2Si. The minimum absolute atomic E-state index is 0.0158. The van der Waals surface area contributed by atoms with Crippen molar-refractivity contribution in [2.24, 2.45) is 17.8 Å². The largest absolute Gasteiger partial charge is 0.472 e. The summed E-state index contributed by atoms with van der Waals surface area (Å²) in [5.41, 5.74) is 4.06. The van der Waals surface area contributed by atoms with Crippen molar-refractivity contribution < 1.29 is 79.5 Å². The minimum atomic E-state index is -5.20. The number of ether oxygens (including phenoxy) is 5. The van der Waals surface area contributed by atoms with E-state index in [1.807, 2.05) is 152 Å². The zero-order valence-electron chi connectivity index (χ0n) is 51.7. The van der Waals surface area contributed by atoms with Gasteiger partial charge in [-0.05, 0) is 71.1 Å². The molecule has 0 saturated heterocycles. The molecule has 2 fully saturated rings. The maximum absolute atomic E-state index is 15.0. The van der Waals surface area contributed by atoms with Gasteiger partial charge in [0, 0.05) is 38.8 Å². The molecule has 20 nitrogen and oxygen atoms in total. The Hall–Kier alpha value is -5.45. The van der Waals surface area contributed by atoms with Crippen LogP contribution in [0.3, 0.4) is 0 Å². The van der Waals surface area contributed by atoms with E-state index >= 15 is 0 Å². The van der Waals surface area contributed by atoms with E-state index in [0.29, 0.717) is 0 Å². The SMILES string of the molecule is CC(=O)N[C@H]1[C@@H](OCc2ccccc2)[C@H](OCc2ccccc2)[C@@H](CO[Si](C)(C)C(C)(C)C(C)C)C[C@@H]1OP(=O)(O)OC[C@H]1C[C@H](OP(=O)(O)OCCCNC(=O)OCc2ccccc2)[C@@H](NC(C)=O)[C@@H](OCc2ccccc2)[C@@H]1OCc1ccccc1. The molecule has 5 N–H and O–H groups in total. The summed E-state index contributed by atoms with van der Waals surface area (Å²) in [7, 11) is -12.7. The average Bonchev–Trinajstić information content (AvgIpc) is 1.35. The predicted octanol–water partition coefficient (Wildman–Crippen LogP) is 11.4. The van der Waals surface area contributed by atoms with Crippen LogP contribution in [0.5, 0.6) is 0 Å². The van der Waals surface area contributed by atoms with E-state index in [1.54, 1.807) is 0 Å². The highest BCUT2D eigenvalue weighted by Crippen LogP contribution is 2.52. The molecule has 12 atom stereocenters. The highest BCUT2D eigenvalue weighted by atomic mass is 31.2. The van der Waals surface area contributed by atoms with Gasteiger partial charge in [-0.2, -0.15) is 0 Å². The molecule has 0 spiro atoms. The normalized spacial score (nSPS) is 23.7. The van der Waals surface area contributed by atoms with Crippen molar-refractivity contribution in [2.75, 3.05) is 26.4 Å². The van der Waals surface area contributed by atoms with Crippen molar-refractivity contribution in [3.05, 3.63) is 179 Å². The molecule has 0 aromatic heterocycles. The zero-order valence-corrected chi connectivity index (χ0v) is 54.5. The van der Waals surface area contributed by atoms with Gasteiger partial charge >= 0.3 is 21.7 Å². The predicted molar refractivity (Wildman–Crippen MR) is 334 cm³/mol. The summed E-state index contributed by atoms with van der Waals surface area (Å²) in [6.45, 7) is 15.4. The Balaban J connectivity index is 1.18. The van der Waals surface area contributed by atoms with E-state index in [4.69, 9.17) is 46.2 Å². The molecule has 5 aromatic carbocycles. The van der Waals surface area contributed by atoms with Crippen LogP contribution >= 0.6 is 15.6 Å². The Labute approximate surface area is 519 Å². The molecule has 0 aliphatic heterocycles. The summed E-state index contributed by atoms with van der Waals surface area (Å²) in [6.07, 6.45) is -7.22. The molecule has 480 valence electrons. The second kappa shape index (κ2) is 33.6. The third kappa shape index (κ3) is 21.6. The van der Waals surface area contributed by atoms with Gasteiger partial charge in [-0.15, -0.1) is 0 Å². The average molecular weight is 1270 g/mol. The van der Waals surface area contributed by atoms with Crippen LogP contribution in [-0.4, -0.2) is 111 Å². The lowest BCUT2D eigenvalue weighted by atomic mass is 9.79. The summed E-state index contributed by atoms with van der Waals surface area (Å²) in [6, 6.07) is 44.6. The number of nitrogens with one attached hydrogen (secondary N) is 3. The molecule has 0 radical (unpaired) electrons. The Bertz CT molecular complexity index is 3010. The van der Waals surface area contributed by atoms with Crippen molar-refractivity contribution in [3.8, 4) is 0 Å². The second-order valence-corrected chi connectivity index (χ2v) is 31.3. The fraction of sp³-hybridized carbons (Fsp3) is 0.492. The number of carbonyl (C=O) groups excluding carboxylic acids is 3. The van der Waals surface area contributed by atoms with Crippen molar-refractivity contribution in [3.63, 3.8) is 0 Å². The van der Waals surface area contributed by atoms with E-state index in [1.165, 1.54) is 13.8 Å². The standard InChI is InChI=1S/C65H89N3O17P2Si/c1-46(2)65(5,6)88(7,8)83-45-55-38-57(59(68-48(4)70)63(79-42-52-31-20-12-21-32-52)61(55)77-40-50-27-16-10-17-28-50)85-87(74,75)82-44-54-37-56(84-86(72,73)81-36-24-35-66-64(71)80-43-53-33-22-13-23-34-53)58(67-47(3)69)62(78-41-51-29-18-11-19-30-51)60(54)76-39-49-25-14-9-15-26-49/h9-23,25-34,46,54-63H,24,35-45H2,1-8H3,(H,66,71)(H,67,69)(H,68,70)(H,72,73)(H,74,75)/t54-,55-,56+,57+,58-,59-,60-,61-,62-,63-/m1/s1. The number of carbonyl (C=O) groups is 3. The number of phosphoric ester groups is 2. The first-order chi connectivity index (χ1) is 42.0. The molecule has 2 saturated carbocycles. The van der Waals surface area contributed by atoms with Gasteiger partial charge in [0.2, 0.25) is 11.8 Å². The van der Waals surface area contributed by atoms with E-state index in [2.05, 4.69) is 56.7 Å². The van der Waals surface area contributed by atoms with Gasteiger partial charge in [-0.25, -0.2) is 13.9 Å². The van der Waals surface area contributed by atoms with Crippen LogP contribution in [0.15, 0.2) is 152 Å². The van der Waals surface area contributed by atoms with Gasteiger partial charge in [0.15, 0.2) is 8.32 Å². The first-order valence-corrected chi connectivity index (χ1v) is 36.0. The van der Waals surface area contributed by atoms with Crippen molar-refractivity contribution in [1.82, 2.24) is 16.0 Å². The fourth-order valence-corrected chi connectivity index (χ4v) is 15.2. The number of amides is 3. The molecule has 23 heteroatoms. The Morgan fingerprint density at radius 1 is 0.545 bits per heavy atom. The van der Waals surface area contributed by atoms with Gasteiger partial charge in [0.1, 0.15) is 18.8 Å². The summed E-state index contributed by atoms with van der Waals surface area (Å²) in [5, 5.41) is 8.30. The first-order valence-electron chi connectivity index (χ1n) is 30.1. The first kappa shape index (κ1) is 70.0. The van der Waals surface area contributed by atoms with Gasteiger partial charge in [0.05, 0.1) is 76.1 Å². The lowest BCUT2D eigenvalue weighted by molar-refractivity contribution is -0.175. The Morgan fingerprint density at radius 3 is 1.27 bits per heavy atom. The smallest absolute Gasteiger partial charge is 0.445 e. The lowest BCUT2D eigenvalue weighted by Crippen LogP contribution is -2.63. The van der Waals surface area contributed by atoms with Crippen molar-refractivity contribution in [1.29, 1.82) is 0 Å². The fourth-order valence-electron chi connectivity index (χ4n) is 10.8. The Morgan fingerprint density at radius 2 is 0.898 bits per heavy atom. The van der Waals surface area contributed by atoms with Crippen LogP contribution in [0.2, 0.25) is 18.1 Å². The number of benzene rings is 5. The van der Waals surface area contributed by atoms with E-state index in [-0.39, 0.29) is 83.0 Å². The maximum atomic E-state index is 15.0. The van der Waals surface area contributed by atoms with Crippen molar-refractivity contribution >= 4 is 41.9 Å². The van der Waals surface area contributed by atoms with Crippen LogP contribution in [0, 0.1) is 17.8 Å². The van der Waals surface area contributed by atoms with Crippen LogP contribution < -0.4 is 16.0 Å². The summed E-state index contributed by atoms with van der Waals surface area (Å²) >= 11 is 0. The third-order valence-electron chi connectivity index (χ3n) is 16.7. The van der Waals surface area contributed by atoms with Crippen LogP contribution in [0.4, 0.5) is 4.79 Å². The molecule has 0 heterocycles. The van der Waals surface area contributed by atoms with Gasteiger partial charge < -0.3 is 53.8 Å². The Kier molecular flexibility index (Phi) is 26.7. The molecule has 2 aliphatic rings. The van der Waals surface area contributed by atoms with E-state index in [9.17, 15) is 33.3 Å². The summed E-state index contributed by atoms with van der Waals surface area (Å²) in [4.78, 5) is 62.5. The van der Waals surface area contributed by atoms with Crippen LogP contribution in [0.25, 0.3) is 0 Å². The topological polar surface area (TPSA) is 254 Å². The van der Waals surface area contributed by atoms with Crippen molar-refractivity contribution in [2.45, 2.75) is 161 Å². The molecule has 7 rings (SSSR count). The monoisotopic (exact) mass is 1270 g/mol. The second-order valence-electron chi connectivity index (χ2n) is 23.9. The van der Waals surface area contributed by atoms with E-state index in [0.717, 1.165) is 27.8 Å². The number of phosphoric acid groups is 2. The number of alkyl carbamates (subject to hydrolysis) is 1. The number of rotatable bonds is 33. The van der Waals surface area contributed by atoms with Crippen LogP contribution in [0.1, 0.15) is 88.6 Å². The molecule has 2 aliphatic carbocycles. The van der Waals surface area contributed by atoms with Crippen LogP contribution in [-0.2, 0) is 98.0 Å². The molecule has 0 bridgehead atoms. The number of hydrogen-bond donors (Lipinski definition) is 5. The maximum Gasteiger partial charge on any atom is 0.472 e. The zero-order chi connectivity index (χ0) is 63.3.